The third-order valence-electron chi connectivity index (χ3n) is 4.41. The number of hydroxylamine groups is 1. The Morgan fingerprint density at radius 3 is 2.00 bits per heavy atom. The van der Waals surface area contributed by atoms with Crippen molar-refractivity contribution >= 4 is 23.4 Å². The highest BCUT2D eigenvalue weighted by Crippen LogP contribution is 2.10. The molecule has 2 aromatic rings. The summed E-state index contributed by atoms with van der Waals surface area (Å²) < 4.78 is 0. The number of nitrogens with one attached hydrogen (secondary N) is 4. The van der Waals surface area contributed by atoms with Crippen LogP contribution >= 0.6 is 0 Å². The fraction of sp³-hybridized carbons (Fsp3) is 0.292. The Bertz CT molecular complexity index is 1030. The minimum atomic E-state index is -1.04. The molecule has 0 bridgehead atoms. The van der Waals surface area contributed by atoms with E-state index in [1.807, 2.05) is 20.8 Å². The van der Waals surface area contributed by atoms with Crippen LogP contribution in [0.3, 0.4) is 0 Å². The number of benzene rings is 2. The van der Waals surface area contributed by atoms with Gasteiger partial charge in [-0.25, -0.2) is 5.48 Å². The Morgan fingerprint density at radius 2 is 1.52 bits per heavy atom. The molecule has 3 amide bonds. The number of hydrogen-bond donors (Lipinski definition) is 6. The average Bonchev–Trinajstić information content (AvgIpc) is 2.80. The maximum absolute atomic E-state index is 12.2. The van der Waals surface area contributed by atoms with E-state index in [1.54, 1.807) is 48.5 Å². The van der Waals surface area contributed by atoms with Crippen molar-refractivity contribution in [2.24, 2.45) is 5.73 Å². The van der Waals surface area contributed by atoms with Gasteiger partial charge in [-0.1, -0.05) is 11.8 Å². The Morgan fingerprint density at radius 1 is 0.970 bits per heavy atom. The zero-order valence-electron chi connectivity index (χ0n) is 18.9. The highest BCUT2D eigenvalue weighted by atomic mass is 16.5. The second-order valence-electron chi connectivity index (χ2n) is 8.29. The summed E-state index contributed by atoms with van der Waals surface area (Å²) >= 11 is 0. The predicted octanol–water partition coefficient (Wildman–Crippen LogP) is 0.976. The summed E-state index contributed by atoms with van der Waals surface area (Å²) in [6, 6.07) is 12.7. The second-order valence-corrected chi connectivity index (χ2v) is 8.29. The van der Waals surface area contributed by atoms with Crippen LogP contribution in [-0.4, -0.2) is 47.6 Å². The number of rotatable bonds is 7. The van der Waals surface area contributed by atoms with Gasteiger partial charge in [-0.3, -0.25) is 19.6 Å². The molecule has 9 heteroatoms. The van der Waals surface area contributed by atoms with Crippen LogP contribution in [0.15, 0.2) is 48.5 Å². The number of hydrogen-bond acceptors (Lipinski definition) is 6. The van der Waals surface area contributed by atoms with E-state index in [4.69, 9.17) is 10.9 Å². The number of amides is 3. The zero-order chi connectivity index (χ0) is 24.4. The van der Waals surface area contributed by atoms with Crippen molar-refractivity contribution in [2.45, 2.75) is 32.4 Å². The van der Waals surface area contributed by atoms with E-state index >= 15 is 0 Å². The summed E-state index contributed by atoms with van der Waals surface area (Å²) in [5, 5.41) is 17.1. The van der Waals surface area contributed by atoms with Crippen molar-refractivity contribution in [3.8, 4) is 11.8 Å². The molecule has 174 valence electrons. The number of carbonyl (C=O) groups is 3. The van der Waals surface area contributed by atoms with E-state index in [2.05, 4.69) is 27.8 Å². The Kier molecular flexibility index (Phi) is 9.12. The van der Waals surface area contributed by atoms with Crippen LogP contribution in [0.1, 0.15) is 42.3 Å². The van der Waals surface area contributed by atoms with E-state index in [-0.39, 0.29) is 24.5 Å². The normalized spacial score (nSPS) is 11.5. The third kappa shape index (κ3) is 8.74. The van der Waals surface area contributed by atoms with Crippen LogP contribution in [-0.2, 0) is 9.59 Å². The predicted molar refractivity (Wildman–Crippen MR) is 125 cm³/mol. The first-order valence-electron chi connectivity index (χ1n) is 10.3. The van der Waals surface area contributed by atoms with Gasteiger partial charge in [0.25, 0.3) is 11.8 Å². The summed E-state index contributed by atoms with van der Waals surface area (Å²) in [5.74, 6) is 4.62. The van der Waals surface area contributed by atoms with Crippen LogP contribution < -0.4 is 27.2 Å². The van der Waals surface area contributed by atoms with Crippen molar-refractivity contribution in [3.63, 3.8) is 0 Å². The van der Waals surface area contributed by atoms with Crippen molar-refractivity contribution in [3.05, 3.63) is 65.2 Å². The lowest BCUT2D eigenvalue weighted by molar-refractivity contribution is -0.130. The van der Waals surface area contributed by atoms with Gasteiger partial charge in [0, 0.05) is 34.5 Å². The van der Waals surface area contributed by atoms with Gasteiger partial charge in [0.15, 0.2) is 0 Å². The molecule has 0 saturated heterocycles. The molecule has 1 atom stereocenters. The first-order valence-corrected chi connectivity index (χ1v) is 10.3. The lowest BCUT2D eigenvalue weighted by atomic mass is 10.1. The van der Waals surface area contributed by atoms with Gasteiger partial charge in [0.2, 0.25) is 5.91 Å². The highest BCUT2D eigenvalue weighted by molar-refractivity contribution is 5.97. The molecule has 0 fully saturated rings. The molecule has 0 aliphatic heterocycles. The van der Waals surface area contributed by atoms with E-state index < -0.39 is 17.9 Å². The molecule has 2 rings (SSSR count). The van der Waals surface area contributed by atoms with Gasteiger partial charge in [0.05, 0.1) is 6.54 Å². The molecule has 0 spiro atoms. The van der Waals surface area contributed by atoms with Crippen molar-refractivity contribution < 1.29 is 19.6 Å². The molecule has 7 N–H and O–H groups in total. The molecule has 0 aliphatic rings. The summed E-state index contributed by atoms with van der Waals surface area (Å²) in [7, 11) is 0. The van der Waals surface area contributed by atoms with E-state index in [0.717, 1.165) is 5.56 Å². The third-order valence-corrected chi connectivity index (χ3v) is 4.41. The first-order chi connectivity index (χ1) is 15.6. The monoisotopic (exact) mass is 451 g/mol. The van der Waals surface area contributed by atoms with Crippen LogP contribution in [0.25, 0.3) is 0 Å². The molecule has 0 unspecified atom stereocenters. The second kappa shape index (κ2) is 11.8. The van der Waals surface area contributed by atoms with Crippen LogP contribution in [0.2, 0.25) is 0 Å². The maximum Gasteiger partial charge on any atom is 0.267 e. The molecular weight excluding hydrogens is 422 g/mol. The first kappa shape index (κ1) is 25.5. The zero-order valence-corrected chi connectivity index (χ0v) is 18.9. The fourth-order valence-corrected chi connectivity index (χ4v) is 2.59. The smallest absolute Gasteiger partial charge is 0.267 e. The minimum absolute atomic E-state index is 0.123. The average molecular weight is 452 g/mol. The fourth-order valence-electron chi connectivity index (χ4n) is 2.59. The summed E-state index contributed by atoms with van der Waals surface area (Å²) in [5.41, 5.74) is 9.22. The summed E-state index contributed by atoms with van der Waals surface area (Å²) in [6.07, 6.45) is 0. The Balaban J connectivity index is 1.95. The largest absolute Gasteiger partial charge is 0.339 e. The summed E-state index contributed by atoms with van der Waals surface area (Å²) in [4.78, 5) is 35.6. The summed E-state index contributed by atoms with van der Waals surface area (Å²) in [6.45, 7) is 6.05. The van der Waals surface area contributed by atoms with Gasteiger partial charge < -0.3 is 21.7 Å². The van der Waals surface area contributed by atoms with E-state index in [9.17, 15) is 14.4 Å². The molecule has 0 aromatic heterocycles. The Hall–Kier alpha value is -3.71. The molecule has 0 heterocycles. The van der Waals surface area contributed by atoms with Gasteiger partial charge >= 0.3 is 0 Å². The minimum Gasteiger partial charge on any atom is -0.339 e. The molecule has 0 aliphatic carbocycles. The van der Waals surface area contributed by atoms with Crippen LogP contribution in [0, 0.1) is 11.8 Å². The van der Waals surface area contributed by atoms with Gasteiger partial charge in [-0.05, 0) is 69.3 Å². The molecular formula is C24H29N5O4. The lowest BCUT2D eigenvalue weighted by Gasteiger charge is -2.20. The van der Waals surface area contributed by atoms with Crippen LogP contribution in [0.5, 0.6) is 0 Å². The Labute approximate surface area is 193 Å². The number of nitrogens with two attached hydrogens (primary N) is 1. The van der Waals surface area contributed by atoms with Crippen molar-refractivity contribution in [1.29, 1.82) is 0 Å². The maximum atomic E-state index is 12.2. The molecule has 0 radical (unpaired) electrons. The SMILES string of the molecule is CC(C)(C)NCC(=O)Nc1ccc(C#Cc2ccc(C(=O)N[C@@H](CN)C(=O)NO)cc2)cc1. The van der Waals surface area contributed by atoms with Crippen LogP contribution in [0.4, 0.5) is 5.69 Å². The van der Waals surface area contributed by atoms with Crippen molar-refractivity contribution in [2.75, 3.05) is 18.4 Å². The number of carbonyl (C=O) groups excluding carboxylic acids is 3. The van der Waals surface area contributed by atoms with Gasteiger partial charge in [-0.2, -0.15) is 0 Å². The topological polar surface area (TPSA) is 146 Å². The highest BCUT2D eigenvalue weighted by Gasteiger charge is 2.19. The molecule has 33 heavy (non-hydrogen) atoms. The molecule has 0 saturated carbocycles. The van der Waals surface area contributed by atoms with Crippen molar-refractivity contribution in [1.82, 2.24) is 16.1 Å². The lowest BCUT2D eigenvalue weighted by Crippen LogP contribution is -2.50. The molecule has 2 aromatic carbocycles. The van der Waals surface area contributed by atoms with E-state index in [1.165, 1.54) is 5.48 Å². The van der Waals surface area contributed by atoms with Gasteiger partial charge in [0.1, 0.15) is 6.04 Å². The molecule has 9 nitrogen and oxygen atoms in total. The van der Waals surface area contributed by atoms with Gasteiger partial charge in [-0.15, -0.1) is 0 Å². The van der Waals surface area contributed by atoms with E-state index in [0.29, 0.717) is 16.8 Å². The standard InChI is InChI=1S/C24H29N5O4/c1-24(2,3)26-15-21(30)27-19-12-8-17(9-13-19)5-4-16-6-10-18(11-7-16)22(31)28-20(14-25)23(32)29-33/h6-13,20,26,33H,14-15,25H2,1-3H3,(H,27,30)(H,28,31)(H,29,32)/t20-/m0/s1. The number of anilines is 1. The quantitative estimate of drug-likeness (QED) is 0.210.